The quantitative estimate of drug-likeness (QED) is 0.745. The van der Waals surface area contributed by atoms with Crippen LogP contribution < -0.4 is 0 Å². The lowest BCUT2D eigenvalue weighted by atomic mass is 10.2. The molecule has 112 valence electrons. The fraction of sp³-hybridized carbons (Fsp3) is 0.900. The zero-order chi connectivity index (χ0) is 14.8. The van der Waals surface area contributed by atoms with Crippen molar-refractivity contribution in [2.24, 2.45) is 0 Å². The molecule has 0 aliphatic carbocycles. The molecule has 19 heavy (non-hydrogen) atoms. The molecule has 0 aromatic rings. The van der Waals surface area contributed by atoms with E-state index in [1.54, 1.807) is 13.8 Å². The highest BCUT2D eigenvalue weighted by atomic mass is 32.2. The maximum absolute atomic E-state index is 12.3. The van der Waals surface area contributed by atoms with E-state index in [0.29, 0.717) is 0 Å². The van der Waals surface area contributed by atoms with Crippen molar-refractivity contribution in [3.8, 4) is 0 Å². The van der Waals surface area contributed by atoms with Crippen molar-refractivity contribution in [2.75, 3.05) is 18.1 Å². The van der Waals surface area contributed by atoms with E-state index in [1.165, 1.54) is 0 Å². The second-order valence-electron chi connectivity index (χ2n) is 4.93. The van der Waals surface area contributed by atoms with Gasteiger partial charge >= 0.3 is 5.97 Å². The molecule has 0 unspecified atom stereocenters. The highest BCUT2D eigenvalue weighted by Gasteiger charge is 2.38. The molecule has 0 atom stereocenters. The summed E-state index contributed by atoms with van der Waals surface area (Å²) in [6.07, 6.45) is 0.0704. The van der Waals surface area contributed by atoms with E-state index in [1.807, 2.05) is 0 Å². The number of hydrogen-bond acceptors (Lipinski definition) is 5. The van der Waals surface area contributed by atoms with Gasteiger partial charge in [-0.2, -0.15) is 4.31 Å². The van der Waals surface area contributed by atoms with E-state index in [0.717, 1.165) is 4.31 Å². The lowest BCUT2D eigenvalue weighted by Gasteiger charge is -2.30. The van der Waals surface area contributed by atoms with E-state index in [2.05, 4.69) is 0 Å². The van der Waals surface area contributed by atoms with Gasteiger partial charge in [-0.3, -0.25) is 4.79 Å². The predicted molar refractivity (Wildman–Crippen MR) is 70.1 cm³/mol. The topological polar surface area (TPSA) is 109 Å². The van der Waals surface area contributed by atoms with Gasteiger partial charge in [-0.05, 0) is 26.7 Å². The summed E-state index contributed by atoms with van der Waals surface area (Å²) in [5.74, 6) is -1.54. The van der Waals surface area contributed by atoms with Gasteiger partial charge in [0.05, 0.1) is 16.8 Å². The zero-order valence-corrected chi connectivity index (χ0v) is 12.6. The lowest BCUT2D eigenvalue weighted by Crippen LogP contribution is -2.47. The fourth-order valence-corrected chi connectivity index (χ4v) is 5.94. The van der Waals surface area contributed by atoms with Crippen LogP contribution in [0.3, 0.4) is 0 Å². The third kappa shape index (κ3) is 4.15. The van der Waals surface area contributed by atoms with Crippen LogP contribution >= 0.6 is 0 Å². The van der Waals surface area contributed by atoms with Crippen molar-refractivity contribution in [1.82, 2.24) is 4.31 Å². The number of carbonyl (C=O) groups is 1. The number of sulfone groups is 1. The molecule has 0 spiro atoms. The van der Waals surface area contributed by atoms with E-state index < -0.39 is 43.7 Å². The Labute approximate surface area is 113 Å². The van der Waals surface area contributed by atoms with Crippen LogP contribution in [0.5, 0.6) is 0 Å². The molecular formula is C10H19NO6S2. The third-order valence-electron chi connectivity index (χ3n) is 3.12. The molecule has 1 N–H and O–H groups in total. The fourth-order valence-electron chi connectivity index (χ4n) is 2.06. The first-order valence-electron chi connectivity index (χ1n) is 5.99. The highest BCUT2D eigenvalue weighted by molar-refractivity contribution is 7.92. The van der Waals surface area contributed by atoms with Crippen LogP contribution in [0, 0.1) is 0 Å². The Morgan fingerprint density at radius 1 is 1.32 bits per heavy atom. The second-order valence-corrected chi connectivity index (χ2v) is 9.40. The van der Waals surface area contributed by atoms with Gasteiger partial charge in [-0.15, -0.1) is 0 Å². The first-order chi connectivity index (χ1) is 8.56. The summed E-state index contributed by atoms with van der Waals surface area (Å²) in [7, 11) is -6.92. The molecule has 1 rings (SSSR count). The van der Waals surface area contributed by atoms with Gasteiger partial charge in [0.25, 0.3) is 0 Å². The first-order valence-corrected chi connectivity index (χ1v) is 9.31. The summed E-state index contributed by atoms with van der Waals surface area (Å²) >= 11 is 0. The van der Waals surface area contributed by atoms with Crippen LogP contribution in [-0.4, -0.2) is 61.6 Å². The molecule has 1 fully saturated rings. The van der Waals surface area contributed by atoms with Crippen molar-refractivity contribution in [3.63, 3.8) is 0 Å². The van der Waals surface area contributed by atoms with E-state index in [9.17, 15) is 21.6 Å². The summed E-state index contributed by atoms with van der Waals surface area (Å²) in [6, 6.07) is -0.473. The van der Waals surface area contributed by atoms with Gasteiger partial charge in [0, 0.05) is 6.04 Å². The molecular weight excluding hydrogens is 294 g/mol. The molecule has 1 saturated heterocycles. The van der Waals surface area contributed by atoms with Crippen molar-refractivity contribution in [3.05, 3.63) is 0 Å². The van der Waals surface area contributed by atoms with Crippen molar-refractivity contribution in [2.45, 2.75) is 38.0 Å². The molecule has 1 aliphatic rings. The number of aliphatic carboxylic acids is 1. The van der Waals surface area contributed by atoms with Crippen LogP contribution in [0.2, 0.25) is 0 Å². The first kappa shape index (κ1) is 16.4. The van der Waals surface area contributed by atoms with Crippen molar-refractivity contribution >= 4 is 25.8 Å². The lowest BCUT2D eigenvalue weighted by molar-refractivity contribution is -0.137. The average Bonchev–Trinajstić information content (AvgIpc) is 2.24. The summed E-state index contributed by atoms with van der Waals surface area (Å²) in [5.41, 5.74) is 0. The maximum Gasteiger partial charge on any atom is 0.318 e. The van der Waals surface area contributed by atoms with E-state index in [4.69, 9.17) is 5.11 Å². The summed E-state index contributed by atoms with van der Waals surface area (Å²) in [4.78, 5) is 10.7. The molecule has 0 amide bonds. The molecule has 7 nitrogen and oxygen atoms in total. The van der Waals surface area contributed by atoms with Gasteiger partial charge in [0.2, 0.25) is 10.0 Å². The largest absolute Gasteiger partial charge is 0.480 e. The molecule has 0 aromatic carbocycles. The Morgan fingerprint density at radius 2 is 1.79 bits per heavy atom. The van der Waals surface area contributed by atoms with Crippen LogP contribution in [-0.2, 0) is 24.7 Å². The molecule has 0 radical (unpaired) electrons. The van der Waals surface area contributed by atoms with Gasteiger partial charge in [0.1, 0.15) is 16.4 Å². The van der Waals surface area contributed by atoms with Gasteiger partial charge in [-0.1, -0.05) is 0 Å². The Balaban J connectivity index is 2.92. The second kappa shape index (κ2) is 5.76. The number of sulfonamides is 1. The minimum Gasteiger partial charge on any atom is -0.480 e. The smallest absolute Gasteiger partial charge is 0.318 e. The molecule has 0 aromatic heterocycles. The minimum absolute atomic E-state index is 0.0352. The van der Waals surface area contributed by atoms with Gasteiger partial charge < -0.3 is 5.11 Å². The normalized spacial score (nSPS) is 20.8. The van der Waals surface area contributed by atoms with E-state index >= 15 is 0 Å². The average molecular weight is 313 g/mol. The molecule has 0 saturated carbocycles. The Bertz CT molecular complexity index is 522. The Morgan fingerprint density at radius 3 is 2.16 bits per heavy atom. The molecule has 9 heteroatoms. The minimum atomic E-state index is -3.78. The zero-order valence-electron chi connectivity index (χ0n) is 10.9. The molecule has 0 bridgehead atoms. The van der Waals surface area contributed by atoms with Crippen LogP contribution in [0.1, 0.15) is 26.7 Å². The van der Waals surface area contributed by atoms with Gasteiger partial charge in [-0.25, -0.2) is 16.8 Å². The maximum atomic E-state index is 12.3. The number of rotatable bonds is 5. The number of hydrogen-bond donors (Lipinski definition) is 1. The Hall–Kier alpha value is -0.670. The number of carboxylic acid groups (broad SMARTS) is 1. The molecule has 1 aliphatic heterocycles. The van der Waals surface area contributed by atoms with Crippen LogP contribution in [0.4, 0.5) is 0 Å². The third-order valence-corrected chi connectivity index (χ3v) is 7.35. The van der Waals surface area contributed by atoms with Crippen molar-refractivity contribution < 1.29 is 26.7 Å². The Kier molecular flexibility index (Phi) is 4.97. The predicted octanol–water partition coefficient (Wildman–Crippen LogP) is -0.312. The van der Waals surface area contributed by atoms with Crippen LogP contribution in [0.25, 0.3) is 0 Å². The summed E-state index contributed by atoms with van der Waals surface area (Å²) in [5, 5.41) is 7.97. The monoisotopic (exact) mass is 313 g/mol. The molecule has 1 heterocycles. The number of carboxylic acids is 1. The van der Waals surface area contributed by atoms with Crippen molar-refractivity contribution in [1.29, 1.82) is 0 Å². The van der Waals surface area contributed by atoms with E-state index in [-0.39, 0.29) is 24.3 Å². The summed E-state index contributed by atoms with van der Waals surface area (Å²) in [6.45, 7) is 2.60. The highest BCUT2D eigenvalue weighted by Crippen LogP contribution is 2.23. The summed E-state index contributed by atoms with van der Waals surface area (Å²) < 4.78 is 48.2. The van der Waals surface area contributed by atoms with Gasteiger partial charge in [0.15, 0.2) is 0 Å². The SMILES string of the molecule is CC(C)N(CC(=O)O)S(=O)(=O)C1CCS(=O)(=O)CC1. The standard InChI is InChI=1S/C10H19NO6S2/c1-8(2)11(7-10(12)13)19(16,17)9-3-5-18(14,15)6-4-9/h8-9H,3-7H2,1-2H3,(H,12,13). The number of nitrogens with zero attached hydrogens (tertiary/aromatic N) is 1. The van der Waals surface area contributed by atoms with Crippen LogP contribution in [0.15, 0.2) is 0 Å².